The van der Waals surface area contributed by atoms with Gasteiger partial charge in [-0.1, -0.05) is 49.7 Å². The number of nitrogens with zero attached hydrogens (tertiary/aromatic N) is 6. The smallest absolute Gasteiger partial charge is 0.351 e. The first-order valence-electron chi connectivity index (χ1n) is 14.2. The van der Waals surface area contributed by atoms with Crippen LogP contribution in [0, 0.1) is 11.7 Å². The van der Waals surface area contributed by atoms with E-state index in [0.717, 1.165) is 5.57 Å². The average molecular weight is 609 g/mol. The van der Waals surface area contributed by atoms with E-state index in [9.17, 15) is 14.7 Å². The Labute approximate surface area is 256 Å². The first kappa shape index (κ1) is 31.9. The largest absolute Gasteiger partial charge is 0.507 e. The van der Waals surface area contributed by atoms with Gasteiger partial charge in [0.1, 0.15) is 23.0 Å². The molecule has 1 amide bonds. The second kappa shape index (κ2) is 12.7. The van der Waals surface area contributed by atoms with Gasteiger partial charge < -0.3 is 14.9 Å². The molecule has 11 heteroatoms. The van der Waals surface area contributed by atoms with Gasteiger partial charge in [-0.05, 0) is 64.6 Å². The first-order chi connectivity index (χ1) is 20.4. The van der Waals surface area contributed by atoms with E-state index in [1.54, 1.807) is 11.0 Å². The molecule has 0 aliphatic carbocycles. The van der Waals surface area contributed by atoms with Gasteiger partial charge in [-0.15, -0.1) is 0 Å². The molecule has 228 valence electrons. The molecule has 0 saturated carbocycles. The van der Waals surface area contributed by atoms with Crippen molar-refractivity contribution in [2.24, 2.45) is 10.9 Å². The Morgan fingerprint density at radius 2 is 1.93 bits per heavy atom. The lowest BCUT2D eigenvalue weighted by Crippen LogP contribution is -2.58. The summed E-state index contributed by atoms with van der Waals surface area (Å²) >= 11 is 6.77. The highest BCUT2D eigenvalue weighted by Gasteiger charge is 2.36. The number of hydrogen-bond donors (Lipinski definition) is 1. The van der Waals surface area contributed by atoms with Crippen LogP contribution < -0.4 is 10.6 Å². The highest BCUT2D eigenvalue weighted by Crippen LogP contribution is 2.40. The molecule has 2 unspecified atom stereocenters. The number of allylic oxidation sites excluding steroid dienone is 1. The molecule has 4 atom stereocenters. The molecule has 1 saturated heterocycles. The van der Waals surface area contributed by atoms with Crippen molar-refractivity contribution in [1.82, 2.24) is 19.4 Å². The minimum atomic E-state index is -0.712. The standard InChI is InChI=1S/C32H38ClFN6O3/c1-9-18(5)29(27(35-8)17(3)4)40-31-21(14-22(33)28(36-31)26-23(34)12-11-13-24(26)41)30(37-32(40)43)39-16-19(6)38(15-20(39)7)25(42)10-2/h9-14,17,19-20,27,29,41H,2,8,15-16H2,1,3-7H3/b18-9-/t19-,20+,27?,29?/m1/s1. The zero-order valence-corrected chi connectivity index (χ0v) is 26.1. The van der Waals surface area contributed by atoms with Gasteiger partial charge in [0, 0.05) is 25.2 Å². The third-order valence-corrected chi connectivity index (χ3v) is 8.48. The third-order valence-electron chi connectivity index (χ3n) is 8.19. The number of phenols is 1. The molecular formula is C32H38ClFN6O3. The van der Waals surface area contributed by atoms with Crippen molar-refractivity contribution in [2.75, 3.05) is 18.0 Å². The van der Waals surface area contributed by atoms with E-state index >= 15 is 4.39 Å². The fourth-order valence-electron chi connectivity index (χ4n) is 5.83. The second-order valence-electron chi connectivity index (χ2n) is 11.4. The molecule has 1 aromatic carbocycles. The predicted molar refractivity (Wildman–Crippen MR) is 171 cm³/mol. The fourth-order valence-corrected chi connectivity index (χ4v) is 6.08. The van der Waals surface area contributed by atoms with Gasteiger partial charge >= 0.3 is 5.69 Å². The molecule has 1 N–H and O–H groups in total. The molecular weight excluding hydrogens is 571 g/mol. The van der Waals surface area contributed by atoms with E-state index in [-0.39, 0.29) is 51.6 Å². The monoisotopic (exact) mass is 608 g/mol. The number of aromatic nitrogens is 3. The Balaban J connectivity index is 2.09. The van der Waals surface area contributed by atoms with Gasteiger partial charge in [0.15, 0.2) is 0 Å². The van der Waals surface area contributed by atoms with Gasteiger partial charge in [0.2, 0.25) is 5.91 Å². The van der Waals surface area contributed by atoms with Crippen LogP contribution in [0.4, 0.5) is 10.2 Å². The Kier molecular flexibility index (Phi) is 9.39. The number of rotatable bonds is 8. The summed E-state index contributed by atoms with van der Waals surface area (Å²) in [6.07, 6.45) is 3.19. The highest BCUT2D eigenvalue weighted by molar-refractivity contribution is 6.34. The van der Waals surface area contributed by atoms with Gasteiger partial charge in [-0.25, -0.2) is 14.2 Å². The predicted octanol–water partition coefficient (Wildman–Crippen LogP) is 5.80. The van der Waals surface area contributed by atoms with Crippen molar-refractivity contribution in [3.05, 3.63) is 69.9 Å². The molecule has 2 aromatic heterocycles. The molecule has 0 radical (unpaired) electrons. The summed E-state index contributed by atoms with van der Waals surface area (Å²) in [5.74, 6) is -0.873. The summed E-state index contributed by atoms with van der Waals surface area (Å²) in [5, 5.41) is 11.2. The van der Waals surface area contributed by atoms with Crippen LogP contribution in [0.2, 0.25) is 5.02 Å². The highest BCUT2D eigenvalue weighted by atomic mass is 35.5. The molecule has 43 heavy (non-hydrogen) atoms. The van der Waals surface area contributed by atoms with E-state index < -0.39 is 23.6 Å². The number of hydrogen-bond acceptors (Lipinski definition) is 7. The SMILES string of the molecule is C=CC(=O)N1C[C@H](C)N(c2nc(=O)n(C(/C(C)=C\C)C(N=C)C(C)C)c3nc(-c4c(O)cccc4F)c(Cl)cc23)C[C@H]1C. The maximum absolute atomic E-state index is 15.1. The quantitative estimate of drug-likeness (QED) is 0.197. The van der Waals surface area contributed by atoms with E-state index in [1.807, 2.05) is 52.5 Å². The normalized spacial score (nSPS) is 19.0. The number of aromatic hydroxyl groups is 1. The van der Waals surface area contributed by atoms with Crippen LogP contribution >= 0.6 is 11.6 Å². The van der Waals surface area contributed by atoms with Crippen molar-refractivity contribution in [2.45, 2.75) is 65.7 Å². The molecule has 4 rings (SSSR count). The summed E-state index contributed by atoms with van der Waals surface area (Å²) in [5.41, 5.74) is 0.289. The average Bonchev–Trinajstić information content (AvgIpc) is 2.96. The van der Waals surface area contributed by atoms with Crippen LogP contribution in [0.1, 0.15) is 47.6 Å². The summed E-state index contributed by atoms with van der Waals surface area (Å²) in [6, 6.07) is 4.11. The number of carbonyl (C=O) groups is 1. The van der Waals surface area contributed by atoms with Crippen LogP contribution in [0.3, 0.4) is 0 Å². The Morgan fingerprint density at radius 3 is 2.51 bits per heavy atom. The molecule has 0 bridgehead atoms. The lowest BCUT2D eigenvalue weighted by molar-refractivity contribution is -0.128. The fraction of sp³-hybridized carbons (Fsp3) is 0.406. The number of anilines is 1. The number of benzene rings is 1. The summed E-state index contributed by atoms with van der Waals surface area (Å²) in [6.45, 7) is 19.8. The summed E-state index contributed by atoms with van der Waals surface area (Å²) < 4.78 is 16.6. The van der Waals surface area contributed by atoms with Gasteiger partial charge in [-0.3, -0.25) is 14.4 Å². The summed E-state index contributed by atoms with van der Waals surface area (Å²) in [4.78, 5) is 44.1. The number of amides is 1. The van der Waals surface area contributed by atoms with E-state index in [2.05, 4.69) is 23.3 Å². The number of carbonyl (C=O) groups excluding carboxylic acids is 1. The minimum Gasteiger partial charge on any atom is -0.507 e. The molecule has 9 nitrogen and oxygen atoms in total. The lowest BCUT2D eigenvalue weighted by atomic mass is 9.91. The van der Waals surface area contributed by atoms with Crippen molar-refractivity contribution >= 4 is 41.1 Å². The van der Waals surface area contributed by atoms with Gasteiger partial charge in [0.25, 0.3) is 0 Å². The number of halogens is 2. The number of aliphatic imine (C=N–C) groups is 1. The van der Waals surface area contributed by atoms with Crippen LogP contribution in [0.5, 0.6) is 5.75 Å². The number of fused-ring (bicyclic) bond motifs is 1. The molecule has 1 aliphatic rings. The topological polar surface area (TPSA) is 104 Å². The lowest BCUT2D eigenvalue weighted by Gasteiger charge is -2.44. The van der Waals surface area contributed by atoms with E-state index in [0.29, 0.717) is 24.3 Å². The van der Waals surface area contributed by atoms with E-state index in [4.69, 9.17) is 16.6 Å². The molecule has 3 heterocycles. The number of phenolic OH excluding ortho intramolecular Hbond substituents is 1. The Morgan fingerprint density at radius 1 is 1.23 bits per heavy atom. The third kappa shape index (κ3) is 5.80. The zero-order chi connectivity index (χ0) is 31.7. The van der Waals surface area contributed by atoms with Crippen LogP contribution in [0.15, 0.2) is 58.4 Å². The maximum Gasteiger partial charge on any atom is 0.351 e. The van der Waals surface area contributed by atoms with Crippen molar-refractivity contribution in [3.63, 3.8) is 0 Å². The van der Waals surface area contributed by atoms with Crippen LogP contribution in [-0.2, 0) is 4.79 Å². The summed E-state index contributed by atoms with van der Waals surface area (Å²) in [7, 11) is 0. The zero-order valence-electron chi connectivity index (χ0n) is 25.4. The van der Waals surface area contributed by atoms with Crippen molar-refractivity contribution in [3.8, 4) is 17.0 Å². The number of pyridine rings is 1. The molecule has 3 aromatic rings. The number of piperazine rings is 1. The first-order valence-corrected chi connectivity index (χ1v) is 14.6. The maximum atomic E-state index is 15.1. The van der Waals surface area contributed by atoms with Crippen molar-refractivity contribution in [1.29, 1.82) is 0 Å². The minimum absolute atomic E-state index is 0.00208. The van der Waals surface area contributed by atoms with Gasteiger partial charge in [0.05, 0.1) is 33.7 Å². The molecule has 1 fully saturated rings. The Bertz CT molecular complexity index is 1650. The molecule has 1 aliphatic heterocycles. The molecule has 0 spiro atoms. The van der Waals surface area contributed by atoms with Crippen LogP contribution in [-0.4, -0.2) is 68.4 Å². The second-order valence-corrected chi connectivity index (χ2v) is 11.8. The van der Waals surface area contributed by atoms with E-state index in [1.165, 1.54) is 28.8 Å². The Hall–Kier alpha value is -4.05. The van der Waals surface area contributed by atoms with Gasteiger partial charge in [-0.2, -0.15) is 4.98 Å². The van der Waals surface area contributed by atoms with Crippen molar-refractivity contribution < 1.29 is 14.3 Å². The van der Waals surface area contributed by atoms with Crippen LogP contribution in [0.25, 0.3) is 22.3 Å².